The highest BCUT2D eigenvalue weighted by Gasteiger charge is 2.19. The maximum atomic E-state index is 14.2. The molecule has 1 aliphatic carbocycles. The van der Waals surface area contributed by atoms with E-state index in [1.54, 1.807) is 6.07 Å². The van der Waals surface area contributed by atoms with Crippen molar-refractivity contribution in [2.45, 2.75) is 26.2 Å². The molecule has 3 heteroatoms. The van der Waals surface area contributed by atoms with Crippen LogP contribution in [-0.2, 0) is 19.3 Å². The van der Waals surface area contributed by atoms with E-state index in [0.29, 0.717) is 29.5 Å². The minimum Gasteiger partial charge on any atom is -0.207 e. The van der Waals surface area contributed by atoms with Crippen LogP contribution in [0.2, 0.25) is 0 Å². The highest BCUT2D eigenvalue weighted by atomic mass is 19.1. The molecule has 0 N–H and O–H groups in total. The second-order valence-electron chi connectivity index (χ2n) is 5.30. The SMILES string of the molecule is CCc1ccc(C2=CCc3c(F)cc(F)cc3C2)c(F)c1. The normalized spacial score (nSPS) is 13.8. The summed E-state index contributed by atoms with van der Waals surface area (Å²) >= 11 is 0. The van der Waals surface area contributed by atoms with Gasteiger partial charge < -0.3 is 0 Å². The molecule has 108 valence electrons. The molecule has 0 radical (unpaired) electrons. The van der Waals surface area contributed by atoms with Crippen LogP contribution in [0.15, 0.2) is 36.4 Å². The van der Waals surface area contributed by atoms with Crippen molar-refractivity contribution >= 4 is 5.57 Å². The summed E-state index contributed by atoms with van der Waals surface area (Å²) in [5.74, 6) is -1.39. The number of aryl methyl sites for hydroxylation is 1. The molecular weight excluding hydrogens is 273 g/mol. The minimum atomic E-state index is -0.589. The predicted octanol–water partition coefficient (Wildman–Crippen LogP) is 4.85. The number of hydrogen-bond donors (Lipinski definition) is 0. The van der Waals surface area contributed by atoms with Gasteiger partial charge in [0.2, 0.25) is 0 Å². The summed E-state index contributed by atoms with van der Waals surface area (Å²) in [6.45, 7) is 1.97. The molecular formula is C18H15F3. The Kier molecular flexibility index (Phi) is 3.58. The van der Waals surface area contributed by atoms with E-state index >= 15 is 0 Å². The molecule has 0 saturated heterocycles. The summed E-state index contributed by atoms with van der Waals surface area (Å²) in [5.41, 5.74) is 3.34. The molecule has 3 rings (SSSR count). The Hall–Kier alpha value is -2.03. The van der Waals surface area contributed by atoms with Gasteiger partial charge in [-0.2, -0.15) is 0 Å². The van der Waals surface area contributed by atoms with Crippen molar-refractivity contribution in [1.82, 2.24) is 0 Å². The van der Waals surface area contributed by atoms with Crippen LogP contribution in [0.1, 0.15) is 29.2 Å². The Balaban J connectivity index is 1.98. The molecule has 0 aromatic heterocycles. The van der Waals surface area contributed by atoms with Gasteiger partial charge in [-0.1, -0.05) is 25.1 Å². The summed E-state index contributed by atoms with van der Waals surface area (Å²) < 4.78 is 41.2. The van der Waals surface area contributed by atoms with E-state index in [4.69, 9.17) is 0 Å². The van der Waals surface area contributed by atoms with Gasteiger partial charge in [0.05, 0.1) is 0 Å². The van der Waals surface area contributed by atoms with E-state index in [0.717, 1.165) is 23.6 Å². The monoisotopic (exact) mass is 288 g/mol. The summed E-state index contributed by atoms with van der Waals surface area (Å²) in [6.07, 6.45) is 3.32. The van der Waals surface area contributed by atoms with Crippen LogP contribution in [0.5, 0.6) is 0 Å². The maximum absolute atomic E-state index is 14.2. The fourth-order valence-corrected chi connectivity index (χ4v) is 2.79. The Bertz CT molecular complexity index is 729. The molecule has 0 amide bonds. The average molecular weight is 288 g/mol. The molecule has 0 saturated carbocycles. The molecule has 0 heterocycles. The van der Waals surface area contributed by atoms with Crippen LogP contribution in [-0.4, -0.2) is 0 Å². The molecule has 21 heavy (non-hydrogen) atoms. The topological polar surface area (TPSA) is 0 Å². The van der Waals surface area contributed by atoms with Gasteiger partial charge in [0.15, 0.2) is 0 Å². The molecule has 0 unspecified atom stereocenters. The van der Waals surface area contributed by atoms with Crippen LogP contribution in [0, 0.1) is 17.5 Å². The number of benzene rings is 2. The summed E-state index contributed by atoms with van der Waals surface area (Å²) in [7, 11) is 0. The Morgan fingerprint density at radius 3 is 2.52 bits per heavy atom. The predicted molar refractivity (Wildman–Crippen MR) is 77.5 cm³/mol. The smallest absolute Gasteiger partial charge is 0.130 e. The highest BCUT2D eigenvalue weighted by Crippen LogP contribution is 2.31. The average Bonchev–Trinajstić information content (AvgIpc) is 2.46. The highest BCUT2D eigenvalue weighted by molar-refractivity contribution is 5.71. The van der Waals surface area contributed by atoms with Gasteiger partial charge in [-0.25, -0.2) is 13.2 Å². The van der Waals surface area contributed by atoms with Crippen molar-refractivity contribution < 1.29 is 13.2 Å². The Labute approximate surface area is 121 Å². The van der Waals surface area contributed by atoms with Gasteiger partial charge in [0.1, 0.15) is 17.5 Å². The quantitative estimate of drug-likeness (QED) is 0.741. The number of fused-ring (bicyclic) bond motifs is 1. The summed E-state index contributed by atoms with van der Waals surface area (Å²) in [6, 6.07) is 7.40. The zero-order chi connectivity index (χ0) is 15.0. The standard InChI is InChI=1S/C18H15F3/c1-2-11-3-5-15(17(20)7-11)12-4-6-16-13(8-12)9-14(19)10-18(16)21/h3-5,7,9-10H,2,6,8H2,1H3. The molecule has 0 aliphatic heterocycles. The zero-order valence-corrected chi connectivity index (χ0v) is 11.7. The lowest BCUT2D eigenvalue weighted by molar-refractivity contribution is 0.571. The molecule has 1 aliphatic rings. The second kappa shape index (κ2) is 5.40. The van der Waals surface area contributed by atoms with E-state index in [1.165, 1.54) is 12.1 Å². The molecule has 0 nitrogen and oxygen atoms in total. The van der Waals surface area contributed by atoms with Crippen molar-refractivity contribution in [3.63, 3.8) is 0 Å². The van der Waals surface area contributed by atoms with Gasteiger partial charge in [0.25, 0.3) is 0 Å². The maximum Gasteiger partial charge on any atom is 0.130 e. The van der Waals surface area contributed by atoms with Crippen molar-refractivity contribution in [1.29, 1.82) is 0 Å². The molecule has 0 fully saturated rings. The second-order valence-corrected chi connectivity index (χ2v) is 5.30. The number of rotatable bonds is 2. The number of halogens is 3. The van der Waals surface area contributed by atoms with Gasteiger partial charge in [-0.15, -0.1) is 0 Å². The van der Waals surface area contributed by atoms with Gasteiger partial charge >= 0.3 is 0 Å². The minimum absolute atomic E-state index is 0.277. The zero-order valence-electron chi connectivity index (χ0n) is 11.7. The third-order valence-electron chi connectivity index (χ3n) is 3.97. The van der Waals surface area contributed by atoms with E-state index in [-0.39, 0.29) is 5.82 Å². The van der Waals surface area contributed by atoms with Crippen molar-refractivity contribution in [3.8, 4) is 0 Å². The number of hydrogen-bond acceptors (Lipinski definition) is 0. The van der Waals surface area contributed by atoms with Gasteiger partial charge in [-0.3, -0.25) is 0 Å². The first-order chi connectivity index (χ1) is 10.1. The first-order valence-corrected chi connectivity index (χ1v) is 7.03. The number of allylic oxidation sites excluding steroid dienone is 2. The van der Waals surface area contributed by atoms with Crippen LogP contribution in [0.4, 0.5) is 13.2 Å². The molecule has 0 spiro atoms. The van der Waals surface area contributed by atoms with Crippen molar-refractivity contribution in [3.05, 3.63) is 76.1 Å². The molecule has 0 atom stereocenters. The van der Waals surface area contributed by atoms with Crippen LogP contribution < -0.4 is 0 Å². The third kappa shape index (κ3) is 2.60. The first-order valence-electron chi connectivity index (χ1n) is 7.03. The van der Waals surface area contributed by atoms with Crippen LogP contribution >= 0.6 is 0 Å². The molecule has 2 aromatic carbocycles. The van der Waals surface area contributed by atoms with Crippen molar-refractivity contribution in [2.75, 3.05) is 0 Å². The Morgan fingerprint density at radius 2 is 1.81 bits per heavy atom. The van der Waals surface area contributed by atoms with Crippen molar-refractivity contribution in [2.24, 2.45) is 0 Å². The largest absolute Gasteiger partial charge is 0.207 e. The third-order valence-corrected chi connectivity index (χ3v) is 3.97. The summed E-state index contributed by atoms with van der Waals surface area (Å²) in [5, 5.41) is 0. The molecule has 0 bridgehead atoms. The van der Waals surface area contributed by atoms with Crippen LogP contribution in [0.3, 0.4) is 0 Å². The lowest BCUT2D eigenvalue weighted by Gasteiger charge is -2.19. The van der Waals surface area contributed by atoms with Gasteiger partial charge in [0, 0.05) is 11.6 Å². The molecule has 2 aromatic rings. The van der Waals surface area contributed by atoms with E-state index < -0.39 is 11.6 Å². The van der Waals surface area contributed by atoms with Crippen LogP contribution in [0.25, 0.3) is 5.57 Å². The fraction of sp³-hybridized carbons (Fsp3) is 0.222. The van der Waals surface area contributed by atoms with Gasteiger partial charge in [-0.05, 0) is 53.7 Å². The first kappa shape index (κ1) is 13.9. The summed E-state index contributed by atoms with van der Waals surface area (Å²) in [4.78, 5) is 0. The lowest BCUT2D eigenvalue weighted by atomic mass is 9.87. The van der Waals surface area contributed by atoms with E-state index in [9.17, 15) is 13.2 Å². The fourth-order valence-electron chi connectivity index (χ4n) is 2.79. The lowest BCUT2D eigenvalue weighted by Crippen LogP contribution is -2.07. The van der Waals surface area contributed by atoms with E-state index in [2.05, 4.69) is 0 Å². The van der Waals surface area contributed by atoms with E-state index in [1.807, 2.05) is 19.1 Å². The Morgan fingerprint density at radius 1 is 1.00 bits per heavy atom.